The smallest absolute Gasteiger partial charge is 0.141 e. The first-order valence-electron chi connectivity index (χ1n) is 9.77. The van der Waals surface area contributed by atoms with Crippen molar-refractivity contribution in [1.82, 2.24) is 15.1 Å². The van der Waals surface area contributed by atoms with Gasteiger partial charge in [0.1, 0.15) is 11.6 Å². The van der Waals surface area contributed by atoms with Crippen molar-refractivity contribution in [1.29, 1.82) is 0 Å². The number of imidazole rings is 1. The van der Waals surface area contributed by atoms with Crippen molar-refractivity contribution >= 4 is 42.1 Å². The summed E-state index contributed by atoms with van der Waals surface area (Å²) in [5.74, 6) is 2.54. The van der Waals surface area contributed by atoms with Crippen LogP contribution in [0.3, 0.4) is 0 Å². The third-order valence-corrected chi connectivity index (χ3v) is 8.06. The van der Waals surface area contributed by atoms with Crippen molar-refractivity contribution in [3.63, 3.8) is 0 Å². The number of hydrogen-bond donors (Lipinski definition) is 1. The lowest BCUT2D eigenvalue weighted by atomic mass is 9.96. The van der Waals surface area contributed by atoms with E-state index in [9.17, 15) is 0 Å². The number of aromatic nitrogens is 3. The molecule has 0 unspecified atom stereocenters. The van der Waals surface area contributed by atoms with Crippen molar-refractivity contribution in [2.45, 2.75) is 32.6 Å². The summed E-state index contributed by atoms with van der Waals surface area (Å²) in [5, 5.41) is 4.17. The molecule has 0 bridgehead atoms. The molecule has 0 spiro atoms. The minimum absolute atomic E-state index is 0.263. The molecular formula is C23H19IN4O. The number of nitrogens with zero attached hydrogens (tertiary/aromatic N) is 3. The first-order chi connectivity index (χ1) is 14.2. The molecule has 1 aliphatic heterocycles. The lowest BCUT2D eigenvalue weighted by Gasteiger charge is -2.13. The van der Waals surface area contributed by atoms with Crippen molar-refractivity contribution in [3.8, 4) is 22.3 Å². The van der Waals surface area contributed by atoms with Crippen LogP contribution in [-0.4, -0.2) is 25.5 Å². The number of fused-ring (bicyclic) bond motifs is 2. The summed E-state index contributed by atoms with van der Waals surface area (Å²) in [6.45, 7) is 3.97. The van der Waals surface area contributed by atoms with E-state index >= 15 is 0 Å². The number of benzene rings is 2. The minimum Gasteiger partial charge on any atom is -0.361 e. The molecule has 2 aliphatic rings. The van der Waals surface area contributed by atoms with Crippen molar-refractivity contribution in [2.75, 3.05) is 0 Å². The maximum Gasteiger partial charge on any atom is 0.141 e. The summed E-state index contributed by atoms with van der Waals surface area (Å²) in [7, 11) is 0. The Kier molecular flexibility index (Phi) is 3.84. The normalized spacial score (nSPS) is 15.5. The first kappa shape index (κ1) is 17.3. The minimum atomic E-state index is -0.263. The number of aliphatic imine (C=N–C) groups is 1. The molecule has 3 heterocycles. The molecule has 29 heavy (non-hydrogen) atoms. The van der Waals surface area contributed by atoms with E-state index in [4.69, 9.17) is 9.51 Å². The van der Waals surface area contributed by atoms with Crippen molar-refractivity contribution < 1.29 is 4.52 Å². The zero-order valence-electron chi connectivity index (χ0n) is 16.2. The van der Waals surface area contributed by atoms with Crippen LogP contribution in [0.15, 0.2) is 39.8 Å². The van der Waals surface area contributed by atoms with Crippen LogP contribution in [0.4, 0.5) is 0 Å². The summed E-state index contributed by atoms with van der Waals surface area (Å²) in [6, 6.07) is 11.0. The summed E-state index contributed by atoms with van der Waals surface area (Å²) in [6.07, 6.45) is 4.42. The fraction of sp³-hybridized carbons (Fsp3) is 0.217. The van der Waals surface area contributed by atoms with E-state index in [1.54, 1.807) is 0 Å². The molecule has 6 rings (SSSR count). The largest absolute Gasteiger partial charge is 0.361 e. The number of nitrogens with one attached hydrogen (secondary N) is 1. The molecule has 0 amide bonds. The summed E-state index contributed by atoms with van der Waals surface area (Å²) in [4.78, 5) is 13.0. The third kappa shape index (κ3) is 2.80. The van der Waals surface area contributed by atoms with E-state index < -0.39 is 0 Å². The first-order valence-corrected chi connectivity index (χ1v) is 12.1. The van der Waals surface area contributed by atoms with Crippen molar-refractivity contribution in [2.24, 2.45) is 4.99 Å². The van der Waals surface area contributed by atoms with Gasteiger partial charge in [0.05, 0.1) is 20.9 Å². The van der Waals surface area contributed by atoms with Crippen LogP contribution in [0.1, 0.15) is 41.6 Å². The molecule has 0 atom stereocenters. The highest BCUT2D eigenvalue weighted by Crippen LogP contribution is 2.43. The summed E-state index contributed by atoms with van der Waals surface area (Å²) in [5.41, 5.74) is 8.93. The van der Waals surface area contributed by atoms with Gasteiger partial charge in [-0.15, -0.1) is 0 Å². The molecule has 5 nitrogen and oxygen atoms in total. The Morgan fingerprint density at radius 3 is 2.83 bits per heavy atom. The number of aromatic amines is 1. The topological polar surface area (TPSA) is 67.1 Å². The Morgan fingerprint density at radius 1 is 1.14 bits per heavy atom. The Bertz CT molecular complexity index is 1320. The van der Waals surface area contributed by atoms with Gasteiger partial charge in [0.25, 0.3) is 0 Å². The van der Waals surface area contributed by atoms with E-state index in [1.807, 2.05) is 20.1 Å². The third-order valence-electron chi connectivity index (χ3n) is 5.64. The molecule has 2 aromatic heterocycles. The van der Waals surface area contributed by atoms with Crippen LogP contribution >= 0.6 is 20.7 Å². The Hall–Kier alpha value is -2.61. The second kappa shape index (κ2) is 6.45. The Labute approximate surface area is 178 Å². The fourth-order valence-corrected chi connectivity index (χ4v) is 6.18. The zero-order chi connectivity index (χ0) is 19.5. The highest BCUT2D eigenvalue weighted by atomic mass is 127. The molecule has 1 fully saturated rings. The van der Waals surface area contributed by atoms with Crippen molar-refractivity contribution in [3.05, 3.63) is 56.7 Å². The average Bonchev–Trinajstić information content (AvgIpc) is 3.42. The van der Waals surface area contributed by atoms with E-state index in [-0.39, 0.29) is 20.7 Å². The average molecular weight is 494 g/mol. The molecule has 4 aromatic rings. The standard InChI is InChI=1S/C23H19IN4O/c1-12-20(13(2)29-28-12)16-8-18(17-5-3-4-15-10-25-11-24-21(15)17)22-19(9-16)26-23(27-22)14-6-7-14/h3-5,8-11,14H,6-7H2,1-2H3,(H,26,27). The van der Waals surface area contributed by atoms with Crippen LogP contribution in [0.25, 0.3) is 33.3 Å². The predicted octanol–water partition coefficient (Wildman–Crippen LogP) is 5.71. The van der Waals surface area contributed by atoms with E-state index in [0.717, 1.165) is 39.4 Å². The number of halogens is 1. The van der Waals surface area contributed by atoms with Crippen LogP contribution in [0, 0.1) is 17.4 Å². The molecule has 2 aromatic carbocycles. The fourth-order valence-electron chi connectivity index (χ4n) is 4.10. The molecule has 6 heteroatoms. The van der Waals surface area contributed by atoms with Gasteiger partial charge in [-0.2, -0.15) is 0 Å². The van der Waals surface area contributed by atoms with Gasteiger partial charge in [-0.1, -0.05) is 44.1 Å². The van der Waals surface area contributed by atoms with Gasteiger partial charge in [0, 0.05) is 32.4 Å². The summed E-state index contributed by atoms with van der Waals surface area (Å²) >= 11 is -0.263. The Morgan fingerprint density at radius 2 is 2.03 bits per heavy atom. The highest BCUT2D eigenvalue weighted by molar-refractivity contribution is 14.2. The van der Waals surface area contributed by atoms with Gasteiger partial charge < -0.3 is 9.51 Å². The molecule has 1 aliphatic carbocycles. The van der Waals surface area contributed by atoms with E-state index in [0.29, 0.717) is 5.92 Å². The van der Waals surface area contributed by atoms with Crippen LogP contribution < -0.4 is 0 Å². The quantitative estimate of drug-likeness (QED) is 0.371. The summed E-state index contributed by atoms with van der Waals surface area (Å²) < 4.78 is 8.95. The van der Waals surface area contributed by atoms with Gasteiger partial charge in [-0.05, 0) is 49.9 Å². The molecule has 1 saturated carbocycles. The zero-order valence-corrected chi connectivity index (χ0v) is 18.3. The van der Waals surface area contributed by atoms with Gasteiger partial charge in [-0.25, -0.2) is 4.98 Å². The molecule has 144 valence electrons. The second-order valence-corrected chi connectivity index (χ2v) is 9.97. The van der Waals surface area contributed by atoms with Gasteiger partial charge in [-0.3, -0.25) is 4.99 Å². The number of hydrogen-bond acceptors (Lipinski definition) is 4. The number of aryl methyl sites for hydroxylation is 2. The predicted molar refractivity (Wildman–Crippen MR) is 125 cm³/mol. The lowest BCUT2D eigenvalue weighted by Crippen LogP contribution is -1.96. The van der Waals surface area contributed by atoms with Gasteiger partial charge >= 0.3 is 0 Å². The number of H-pyrrole nitrogens is 1. The highest BCUT2D eigenvalue weighted by Gasteiger charge is 2.28. The lowest BCUT2D eigenvalue weighted by molar-refractivity contribution is 0.393. The van der Waals surface area contributed by atoms with Crippen LogP contribution in [-0.2, 0) is 0 Å². The molecular weight excluding hydrogens is 475 g/mol. The monoisotopic (exact) mass is 494 g/mol. The molecule has 1 N–H and O–H groups in total. The second-order valence-electron chi connectivity index (χ2n) is 7.71. The SMILES string of the molecule is Cc1noc(C)c1-c1cc(-c2cccc3c2I=CN=C3)c2nc(C3CC3)[nH]c2c1. The maximum absolute atomic E-state index is 5.46. The molecule has 0 radical (unpaired) electrons. The Balaban J connectivity index is 1.67. The maximum atomic E-state index is 5.46. The van der Waals surface area contributed by atoms with E-state index in [2.05, 4.69) is 49.6 Å². The van der Waals surface area contributed by atoms with Gasteiger partial charge in [0.2, 0.25) is 0 Å². The molecule has 0 saturated heterocycles. The van der Waals surface area contributed by atoms with Crippen LogP contribution in [0.2, 0.25) is 0 Å². The van der Waals surface area contributed by atoms with E-state index in [1.165, 1.54) is 33.1 Å². The van der Waals surface area contributed by atoms with Crippen LogP contribution in [0.5, 0.6) is 0 Å². The number of rotatable bonds is 3. The van der Waals surface area contributed by atoms with Gasteiger partial charge in [0.15, 0.2) is 0 Å².